The van der Waals surface area contributed by atoms with E-state index in [2.05, 4.69) is 5.10 Å². The molecule has 11 heteroatoms. The molecule has 1 aromatic carbocycles. The predicted octanol–water partition coefficient (Wildman–Crippen LogP) is 0.483. The van der Waals surface area contributed by atoms with Crippen molar-refractivity contribution in [2.24, 2.45) is 0 Å². The van der Waals surface area contributed by atoms with Crippen molar-refractivity contribution >= 4 is 0 Å². The van der Waals surface area contributed by atoms with Crippen molar-refractivity contribution in [3.05, 3.63) is 39.8 Å². The van der Waals surface area contributed by atoms with Gasteiger partial charge in [0.15, 0.2) is 5.82 Å². The SMILES string of the molecule is N#Cc1cc(F)c(-n2nc(C(F)(F)F)n(N)c2=O)cc1O. The second-order valence-electron chi connectivity index (χ2n) is 3.82. The molecule has 0 atom stereocenters. The number of halogens is 4. The van der Waals surface area contributed by atoms with E-state index >= 15 is 0 Å². The minimum atomic E-state index is -5.02. The first-order valence-corrected chi connectivity index (χ1v) is 5.14. The topological polar surface area (TPSA) is 110 Å². The highest BCUT2D eigenvalue weighted by Gasteiger charge is 2.39. The van der Waals surface area contributed by atoms with Crippen LogP contribution in [-0.4, -0.2) is 19.6 Å². The van der Waals surface area contributed by atoms with Crippen LogP contribution in [0.15, 0.2) is 16.9 Å². The highest BCUT2D eigenvalue weighted by Crippen LogP contribution is 2.27. The highest BCUT2D eigenvalue weighted by molar-refractivity contribution is 5.50. The van der Waals surface area contributed by atoms with Gasteiger partial charge in [-0.15, -0.1) is 5.10 Å². The largest absolute Gasteiger partial charge is 0.506 e. The Morgan fingerprint density at radius 3 is 2.48 bits per heavy atom. The molecule has 0 bridgehead atoms. The lowest BCUT2D eigenvalue weighted by Gasteiger charge is -2.04. The van der Waals surface area contributed by atoms with Gasteiger partial charge in [0, 0.05) is 6.07 Å². The molecular weight excluding hydrogens is 298 g/mol. The number of nitrogens with zero attached hydrogens (tertiary/aromatic N) is 4. The maximum Gasteiger partial charge on any atom is 0.453 e. The van der Waals surface area contributed by atoms with E-state index in [1.165, 1.54) is 6.07 Å². The Morgan fingerprint density at radius 1 is 1.38 bits per heavy atom. The van der Waals surface area contributed by atoms with E-state index in [0.29, 0.717) is 12.1 Å². The molecule has 0 spiro atoms. The Bertz CT molecular complexity index is 815. The number of nitriles is 1. The normalized spacial score (nSPS) is 11.4. The molecule has 0 amide bonds. The molecule has 2 rings (SSSR count). The molecule has 21 heavy (non-hydrogen) atoms. The quantitative estimate of drug-likeness (QED) is 0.588. The van der Waals surface area contributed by atoms with Gasteiger partial charge < -0.3 is 10.9 Å². The molecule has 0 aliphatic heterocycles. The summed E-state index contributed by atoms with van der Waals surface area (Å²) in [5.41, 5.74) is -2.69. The summed E-state index contributed by atoms with van der Waals surface area (Å²) in [6.45, 7) is 0. The number of aromatic nitrogens is 3. The number of hydrogen-bond donors (Lipinski definition) is 2. The van der Waals surface area contributed by atoms with Gasteiger partial charge in [-0.2, -0.15) is 27.8 Å². The summed E-state index contributed by atoms with van der Waals surface area (Å²) in [6.07, 6.45) is -5.02. The number of nitrogen functional groups attached to an aromatic ring is 1. The first kappa shape index (κ1) is 14.4. The van der Waals surface area contributed by atoms with Gasteiger partial charge in [-0.25, -0.2) is 9.18 Å². The fraction of sp³-hybridized carbons (Fsp3) is 0.100. The van der Waals surface area contributed by atoms with Crippen LogP contribution in [0.2, 0.25) is 0 Å². The molecule has 0 saturated carbocycles. The number of nitrogens with two attached hydrogens (primary N) is 1. The van der Waals surface area contributed by atoms with Crippen molar-refractivity contribution in [1.29, 1.82) is 5.26 Å². The lowest BCUT2D eigenvalue weighted by Crippen LogP contribution is -2.32. The fourth-order valence-electron chi connectivity index (χ4n) is 1.53. The van der Waals surface area contributed by atoms with Gasteiger partial charge in [0.1, 0.15) is 17.5 Å². The zero-order valence-corrected chi connectivity index (χ0v) is 9.89. The van der Waals surface area contributed by atoms with Gasteiger partial charge in [-0.3, -0.25) is 0 Å². The Balaban J connectivity index is 2.73. The monoisotopic (exact) mass is 303 g/mol. The fourth-order valence-corrected chi connectivity index (χ4v) is 1.53. The number of phenolic OH excluding ortho intramolecular Hbond substituents is 1. The Hall–Kier alpha value is -3.03. The van der Waals surface area contributed by atoms with Gasteiger partial charge in [-0.05, 0) is 6.07 Å². The third-order valence-corrected chi connectivity index (χ3v) is 2.48. The standard InChI is InChI=1S/C10H5F4N5O2/c11-5-1-4(3-15)7(20)2-6(5)19-9(21)18(16)8(17-19)10(12,13)14/h1-2,20H,16H2. The molecule has 1 heterocycles. The van der Waals surface area contributed by atoms with Crippen LogP contribution in [0, 0.1) is 17.1 Å². The van der Waals surface area contributed by atoms with E-state index in [1.807, 2.05) is 0 Å². The van der Waals surface area contributed by atoms with Crippen molar-refractivity contribution in [1.82, 2.24) is 14.5 Å². The van der Waals surface area contributed by atoms with Gasteiger partial charge in [-0.1, -0.05) is 0 Å². The summed E-state index contributed by atoms with van der Waals surface area (Å²) in [5, 5.41) is 20.9. The van der Waals surface area contributed by atoms with Crippen LogP contribution in [0.3, 0.4) is 0 Å². The van der Waals surface area contributed by atoms with Crippen LogP contribution >= 0.6 is 0 Å². The van der Waals surface area contributed by atoms with Crippen molar-refractivity contribution in [2.45, 2.75) is 6.18 Å². The number of rotatable bonds is 1. The smallest absolute Gasteiger partial charge is 0.453 e. The summed E-state index contributed by atoms with van der Waals surface area (Å²) in [5.74, 6) is 1.25. The zero-order chi connectivity index (χ0) is 15.9. The molecule has 0 saturated heterocycles. The highest BCUT2D eigenvalue weighted by atomic mass is 19.4. The van der Waals surface area contributed by atoms with Gasteiger partial charge in [0.2, 0.25) is 0 Å². The maximum atomic E-state index is 13.7. The Morgan fingerprint density at radius 2 is 2.00 bits per heavy atom. The van der Waals surface area contributed by atoms with Crippen LogP contribution in [0.1, 0.15) is 11.4 Å². The van der Waals surface area contributed by atoms with E-state index in [-0.39, 0.29) is 9.36 Å². The molecular formula is C10H5F4N5O2. The first-order chi connectivity index (χ1) is 9.66. The molecule has 1 aromatic heterocycles. The van der Waals surface area contributed by atoms with Crippen LogP contribution < -0.4 is 11.5 Å². The molecule has 2 aromatic rings. The first-order valence-electron chi connectivity index (χ1n) is 5.14. The maximum absolute atomic E-state index is 13.7. The van der Waals surface area contributed by atoms with Gasteiger partial charge in [0.25, 0.3) is 5.82 Å². The summed E-state index contributed by atoms with van der Waals surface area (Å²) < 4.78 is 51.1. The minimum Gasteiger partial charge on any atom is -0.506 e. The third-order valence-electron chi connectivity index (χ3n) is 2.48. The van der Waals surface area contributed by atoms with Crippen LogP contribution in [0.25, 0.3) is 5.69 Å². The van der Waals surface area contributed by atoms with E-state index in [0.717, 1.165) is 0 Å². The minimum absolute atomic E-state index is 0.0407. The number of aromatic hydroxyl groups is 1. The van der Waals surface area contributed by atoms with E-state index in [1.54, 1.807) is 0 Å². The van der Waals surface area contributed by atoms with Gasteiger partial charge >= 0.3 is 11.9 Å². The second kappa shape index (κ2) is 4.51. The van der Waals surface area contributed by atoms with E-state index in [4.69, 9.17) is 11.1 Å². The molecule has 0 radical (unpaired) electrons. The molecule has 7 nitrogen and oxygen atoms in total. The van der Waals surface area contributed by atoms with Crippen LogP contribution in [0.5, 0.6) is 5.75 Å². The summed E-state index contributed by atoms with van der Waals surface area (Å²) in [4.78, 5) is 11.6. The van der Waals surface area contributed by atoms with Crippen molar-refractivity contribution in [3.8, 4) is 17.5 Å². The number of alkyl halides is 3. The summed E-state index contributed by atoms with van der Waals surface area (Å²) in [6, 6.07) is 2.62. The molecule has 0 aliphatic rings. The molecule has 3 N–H and O–H groups in total. The Kier molecular flexibility index (Phi) is 3.09. The lowest BCUT2D eigenvalue weighted by atomic mass is 10.2. The summed E-state index contributed by atoms with van der Waals surface area (Å²) >= 11 is 0. The number of benzene rings is 1. The van der Waals surface area contributed by atoms with E-state index < -0.39 is 40.5 Å². The molecule has 0 unspecified atom stereocenters. The predicted molar refractivity (Wildman–Crippen MR) is 59.3 cm³/mol. The van der Waals surface area contributed by atoms with Crippen molar-refractivity contribution in [2.75, 3.05) is 5.84 Å². The van der Waals surface area contributed by atoms with Gasteiger partial charge in [0.05, 0.1) is 5.56 Å². The van der Waals surface area contributed by atoms with Crippen LogP contribution in [0.4, 0.5) is 17.6 Å². The van der Waals surface area contributed by atoms with E-state index in [9.17, 15) is 27.5 Å². The average molecular weight is 303 g/mol. The second-order valence-corrected chi connectivity index (χ2v) is 3.82. The number of phenols is 1. The van der Waals surface area contributed by atoms with Crippen molar-refractivity contribution in [3.63, 3.8) is 0 Å². The third kappa shape index (κ3) is 2.27. The Labute approximate surface area is 113 Å². The zero-order valence-electron chi connectivity index (χ0n) is 9.89. The molecule has 110 valence electrons. The van der Waals surface area contributed by atoms with Crippen LogP contribution in [-0.2, 0) is 6.18 Å². The van der Waals surface area contributed by atoms with Crippen molar-refractivity contribution < 1.29 is 22.7 Å². The average Bonchev–Trinajstić information content (AvgIpc) is 2.68. The number of hydrogen-bond acceptors (Lipinski definition) is 5. The molecule has 0 aliphatic carbocycles. The summed E-state index contributed by atoms with van der Waals surface area (Å²) in [7, 11) is 0. The molecule has 0 fully saturated rings. The lowest BCUT2D eigenvalue weighted by molar-refractivity contribution is -0.146.